The molecule has 1 heteroatoms. The standard InChI is InChI=1S/C3H6.Na.H/c1-2-3-1;;/h1-3H2;;. The molecule has 1 aliphatic rings. The minimum absolute atomic E-state index is 0. The Kier molecular flexibility index (Phi) is 2.81. The predicted octanol–water partition coefficient (Wildman–Crippen LogP) is 0.522. The van der Waals surface area contributed by atoms with Crippen LogP contribution in [0.25, 0.3) is 0 Å². The van der Waals surface area contributed by atoms with Crippen molar-refractivity contribution in [3.05, 3.63) is 0 Å². The Labute approximate surface area is 48.9 Å². The summed E-state index contributed by atoms with van der Waals surface area (Å²) < 4.78 is 0. The third-order valence-corrected chi connectivity index (χ3v) is 0.354. The van der Waals surface area contributed by atoms with Crippen molar-refractivity contribution in [3.8, 4) is 0 Å². The fourth-order valence-electron chi connectivity index (χ4n) is 0. The van der Waals surface area contributed by atoms with E-state index in [1.165, 1.54) is 19.3 Å². The molecule has 1 aliphatic carbocycles. The summed E-state index contributed by atoms with van der Waals surface area (Å²) in [5.41, 5.74) is 0. The Morgan fingerprint density at radius 2 is 1.00 bits per heavy atom. The summed E-state index contributed by atoms with van der Waals surface area (Å²) in [6.45, 7) is 0. The molecule has 1 rings (SSSR count). The van der Waals surface area contributed by atoms with Crippen molar-refractivity contribution in [3.63, 3.8) is 0 Å². The second-order valence-electron chi connectivity index (χ2n) is 1.06. The second-order valence-corrected chi connectivity index (χ2v) is 1.06. The van der Waals surface area contributed by atoms with Gasteiger partial charge in [0.1, 0.15) is 0 Å². The molecular weight excluding hydrogens is 59.0 g/mol. The van der Waals surface area contributed by atoms with Gasteiger partial charge >= 0.3 is 29.6 Å². The molecule has 0 unspecified atom stereocenters. The monoisotopic (exact) mass is 66.0 g/mol. The molecule has 4 heavy (non-hydrogen) atoms. The van der Waals surface area contributed by atoms with Crippen LogP contribution in [0, 0.1) is 0 Å². The van der Waals surface area contributed by atoms with Crippen LogP contribution >= 0.6 is 0 Å². The first-order chi connectivity index (χ1) is 1.50. The molecule has 1 saturated carbocycles. The van der Waals surface area contributed by atoms with Gasteiger partial charge in [0.25, 0.3) is 0 Å². The fraction of sp³-hybridized carbons (Fsp3) is 1.00. The number of rotatable bonds is 0. The molecule has 20 valence electrons. The third-order valence-electron chi connectivity index (χ3n) is 0.354. The molecule has 0 saturated heterocycles. The minimum atomic E-state index is 0. The molecule has 0 nitrogen and oxygen atoms in total. The normalized spacial score (nSPS) is 18.0. The molecule has 0 radical (unpaired) electrons. The summed E-state index contributed by atoms with van der Waals surface area (Å²) in [4.78, 5) is 0. The van der Waals surface area contributed by atoms with Crippen molar-refractivity contribution in [2.75, 3.05) is 0 Å². The van der Waals surface area contributed by atoms with Crippen LogP contribution in [-0.4, -0.2) is 29.6 Å². The zero-order valence-corrected chi connectivity index (χ0v) is 2.12. The van der Waals surface area contributed by atoms with Crippen LogP contribution in [-0.2, 0) is 0 Å². The van der Waals surface area contributed by atoms with Crippen molar-refractivity contribution in [2.45, 2.75) is 19.3 Å². The van der Waals surface area contributed by atoms with E-state index in [-0.39, 0.29) is 29.6 Å². The second kappa shape index (κ2) is 2.25. The Morgan fingerprint density at radius 1 is 0.750 bits per heavy atom. The van der Waals surface area contributed by atoms with E-state index in [1.54, 1.807) is 0 Å². The molecule has 0 atom stereocenters. The van der Waals surface area contributed by atoms with Crippen LogP contribution in [0.5, 0.6) is 0 Å². The predicted molar refractivity (Wildman–Crippen MR) is 21.0 cm³/mol. The van der Waals surface area contributed by atoms with Crippen LogP contribution in [0.1, 0.15) is 19.3 Å². The van der Waals surface area contributed by atoms with Crippen molar-refractivity contribution in [1.82, 2.24) is 0 Å². The Balaban J connectivity index is 0.0000000900. The average Bonchev–Trinajstić information content (AvgIpc) is 1.46. The number of hydrogen-bond acceptors (Lipinski definition) is 0. The third kappa shape index (κ3) is 3.00. The Morgan fingerprint density at radius 3 is 1.00 bits per heavy atom. The molecule has 0 aromatic heterocycles. The number of hydrogen-bond donors (Lipinski definition) is 0. The van der Waals surface area contributed by atoms with Crippen LogP contribution in [0.15, 0.2) is 0 Å². The summed E-state index contributed by atoms with van der Waals surface area (Å²) in [6.07, 6.45) is 4.50. The van der Waals surface area contributed by atoms with E-state index in [9.17, 15) is 0 Å². The van der Waals surface area contributed by atoms with Crippen molar-refractivity contribution in [1.29, 1.82) is 0 Å². The topological polar surface area (TPSA) is 0 Å². The molecule has 0 N–H and O–H groups in total. The van der Waals surface area contributed by atoms with Gasteiger partial charge in [0, 0.05) is 0 Å². The maximum atomic E-state index is 1.50. The molecular formula is C3H7Na. The van der Waals surface area contributed by atoms with E-state index in [0.29, 0.717) is 0 Å². The van der Waals surface area contributed by atoms with E-state index < -0.39 is 0 Å². The van der Waals surface area contributed by atoms with E-state index >= 15 is 0 Å². The van der Waals surface area contributed by atoms with Gasteiger partial charge in [-0.15, -0.1) is 0 Å². The average molecular weight is 66.1 g/mol. The van der Waals surface area contributed by atoms with Gasteiger partial charge in [-0.25, -0.2) is 0 Å². The molecule has 0 amide bonds. The summed E-state index contributed by atoms with van der Waals surface area (Å²) in [7, 11) is 0. The molecule has 0 aliphatic heterocycles. The van der Waals surface area contributed by atoms with Crippen LogP contribution in [0.3, 0.4) is 0 Å². The first kappa shape index (κ1) is 5.00. The maximum absolute atomic E-state index is 1.50. The van der Waals surface area contributed by atoms with Gasteiger partial charge in [-0.2, -0.15) is 0 Å². The van der Waals surface area contributed by atoms with Crippen LogP contribution in [0.2, 0.25) is 0 Å². The van der Waals surface area contributed by atoms with Gasteiger partial charge in [0.05, 0.1) is 0 Å². The van der Waals surface area contributed by atoms with E-state index in [0.717, 1.165) is 0 Å². The summed E-state index contributed by atoms with van der Waals surface area (Å²) in [5.74, 6) is 0. The zero-order valence-electron chi connectivity index (χ0n) is 2.12. The first-order valence-corrected chi connectivity index (χ1v) is 1.50. The summed E-state index contributed by atoms with van der Waals surface area (Å²) in [5, 5.41) is 0. The first-order valence-electron chi connectivity index (χ1n) is 1.50. The van der Waals surface area contributed by atoms with Gasteiger partial charge in [-0.05, 0) is 0 Å². The van der Waals surface area contributed by atoms with Crippen molar-refractivity contribution >= 4 is 29.6 Å². The van der Waals surface area contributed by atoms with Gasteiger partial charge in [0.2, 0.25) is 0 Å². The van der Waals surface area contributed by atoms with Gasteiger partial charge in [-0.1, -0.05) is 19.3 Å². The van der Waals surface area contributed by atoms with E-state index in [1.807, 2.05) is 0 Å². The Bertz CT molecular complexity index is 8.00. The zero-order chi connectivity index (χ0) is 2.12. The molecule has 0 aromatic rings. The summed E-state index contributed by atoms with van der Waals surface area (Å²) in [6, 6.07) is 0. The van der Waals surface area contributed by atoms with Crippen LogP contribution in [0.4, 0.5) is 0 Å². The van der Waals surface area contributed by atoms with Gasteiger partial charge < -0.3 is 0 Å². The SMILES string of the molecule is C1CC1.[NaH]. The summed E-state index contributed by atoms with van der Waals surface area (Å²) >= 11 is 0. The molecule has 0 aromatic carbocycles. The molecule has 1 fully saturated rings. The van der Waals surface area contributed by atoms with E-state index in [4.69, 9.17) is 0 Å². The molecule has 0 spiro atoms. The van der Waals surface area contributed by atoms with Gasteiger partial charge in [0.15, 0.2) is 0 Å². The van der Waals surface area contributed by atoms with Crippen molar-refractivity contribution in [2.24, 2.45) is 0 Å². The van der Waals surface area contributed by atoms with E-state index in [2.05, 4.69) is 0 Å². The fourth-order valence-corrected chi connectivity index (χ4v) is 0. The molecule has 0 bridgehead atoms. The van der Waals surface area contributed by atoms with Crippen molar-refractivity contribution < 1.29 is 0 Å². The molecule has 0 heterocycles. The Hall–Kier alpha value is 1.00. The quantitative estimate of drug-likeness (QED) is 0.362. The van der Waals surface area contributed by atoms with Gasteiger partial charge in [-0.3, -0.25) is 0 Å². The van der Waals surface area contributed by atoms with Crippen LogP contribution < -0.4 is 0 Å².